The number of pyridine rings is 2. The lowest BCUT2D eigenvalue weighted by molar-refractivity contribution is 0.0950. The summed E-state index contributed by atoms with van der Waals surface area (Å²) in [5.74, 6) is 0.430. The van der Waals surface area contributed by atoms with Crippen molar-refractivity contribution in [1.82, 2.24) is 15.4 Å². The van der Waals surface area contributed by atoms with Crippen molar-refractivity contribution in [3.8, 4) is 11.6 Å². The van der Waals surface area contributed by atoms with Crippen molar-refractivity contribution in [3.63, 3.8) is 0 Å². The number of nitrogens with two attached hydrogens (primary N) is 1. The highest BCUT2D eigenvalue weighted by atomic mass is 35.5. The second kappa shape index (κ2) is 10.3. The van der Waals surface area contributed by atoms with Crippen LogP contribution < -0.4 is 20.6 Å². The molecule has 0 saturated carbocycles. The number of anilines is 1. The highest BCUT2D eigenvalue weighted by Gasteiger charge is 2.19. The van der Waals surface area contributed by atoms with E-state index in [-0.39, 0.29) is 33.2 Å². The summed E-state index contributed by atoms with van der Waals surface area (Å²) in [7, 11) is 1.56. The molecule has 160 valence electrons. The first kappa shape index (κ1) is 22.6. The molecule has 0 aliphatic carbocycles. The Hall–Kier alpha value is -3.07. The van der Waals surface area contributed by atoms with E-state index in [2.05, 4.69) is 20.5 Å². The molecule has 3 rings (SSSR count). The minimum Gasteiger partial charge on any atom is -0.496 e. The molecule has 1 amide bonds. The molecule has 0 aliphatic heterocycles. The molecule has 3 aromatic rings. The molecule has 0 bridgehead atoms. The number of amides is 1. The van der Waals surface area contributed by atoms with Gasteiger partial charge in [0.25, 0.3) is 5.91 Å². The zero-order valence-electron chi connectivity index (χ0n) is 16.1. The Balaban J connectivity index is 1.71. The van der Waals surface area contributed by atoms with Crippen LogP contribution in [0.2, 0.25) is 15.2 Å². The number of aromatic nitrogens is 2. The van der Waals surface area contributed by atoms with Crippen LogP contribution in [0.4, 0.5) is 5.69 Å². The highest BCUT2D eigenvalue weighted by molar-refractivity contribution is 6.46. The maximum absolute atomic E-state index is 12.3. The molecule has 0 aliphatic rings. The number of benzene rings is 1. The number of nitrogen functional groups attached to an aromatic ring is 1. The SMILES string of the molecule is COc1ccc(/C=N\NC(=O)c2nc(Cl)c(Cl)c(N)c2Cl)cc1COc1ccccn1. The number of ether oxygens (including phenoxy) is 2. The van der Waals surface area contributed by atoms with Crippen molar-refractivity contribution in [2.24, 2.45) is 5.10 Å². The smallest absolute Gasteiger partial charge is 0.291 e. The van der Waals surface area contributed by atoms with E-state index in [0.717, 1.165) is 5.56 Å². The predicted octanol–water partition coefficient (Wildman–Crippen LogP) is 4.37. The number of rotatable bonds is 7. The third-order valence-electron chi connectivity index (χ3n) is 3.98. The molecule has 8 nitrogen and oxygen atoms in total. The van der Waals surface area contributed by atoms with E-state index in [9.17, 15) is 4.79 Å². The van der Waals surface area contributed by atoms with E-state index >= 15 is 0 Å². The molecule has 0 spiro atoms. The van der Waals surface area contributed by atoms with Gasteiger partial charge in [0.05, 0.1) is 24.0 Å². The second-order valence-electron chi connectivity index (χ2n) is 6.02. The van der Waals surface area contributed by atoms with E-state index in [1.807, 2.05) is 6.07 Å². The van der Waals surface area contributed by atoms with Crippen LogP contribution in [0.15, 0.2) is 47.7 Å². The number of hydrogen-bond acceptors (Lipinski definition) is 7. The average molecular weight is 481 g/mol. The largest absolute Gasteiger partial charge is 0.496 e. The molecule has 2 aromatic heterocycles. The van der Waals surface area contributed by atoms with E-state index in [1.54, 1.807) is 43.6 Å². The van der Waals surface area contributed by atoms with Gasteiger partial charge in [-0.05, 0) is 29.8 Å². The van der Waals surface area contributed by atoms with Gasteiger partial charge in [-0.25, -0.2) is 15.4 Å². The van der Waals surface area contributed by atoms with Crippen molar-refractivity contribution in [2.75, 3.05) is 12.8 Å². The van der Waals surface area contributed by atoms with Crippen LogP contribution in [0.3, 0.4) is 0 Å². The van der Waals surface area contributed by atoms with Gasteiger partial charge in [0, 0.05) is 17.8 Å². The second-order valence-corrected chi connectivity index (χ2v) is 7.13. The molecule has 0 unspecified atom stereocenters. The maximum atomic E-state index is 12.3. The van der Waals surface area contributed by atoms with E-state index in [4.69, 9.17) is 50.0 Å². The van der Waals surface area contributed by atoms with Gasteiger partial charge >= 0.3 is 0 Å². The number of nitrogens with zero attached hydrogens (tertiary/aromatic N) is 3. The molecule has 3 N–H and O–H groups in total. The number of hydrogen-bond donors (Lipinski definition) is 2. The lowest BCUT2D eigenvalue weighted by Gasteiger charge is -2.10. The maximum Gasteiger partial charge on any atom is 0.291 e. The zero-order chi connectivity index (χ0) is 22.4. The normalized spacial score (nSPS) is 10.8. The molecule has 0 fully saturated rings. The van der Waals surface area contributed by atoms with Gasteiger partial charge in [-0.2, -0.15) is 5.10 Å². The molecule has 11 heteroatoms. The Kier molecular flexibility index (Phi) is 7.51. The summed E-state index contributed by atoms with van der Waals surface area (Å²) in [5, 5.41) is 3.65. The molecular weight excluding hydrogens is 465 g/mol. The fraction of sp³-hybridized carbons (Fsp3) is 0.100. The molecular formula is C20H16Cl3N5O3. The Morgan fingerprint density at radius 1 is 1.23 bits per heavy atom. The highest BCUT2D eigenvalue weighted by Crippen LogP contribution is 2.34. The van der Waals surface area contributed by atoms with Gasteiger partial charge in [-0.15, -0.1) is 0 Å². The van der Waals surface area contributed by atoms with Gasteiger partial charge in [0.1, 0.15) is 17.4 Å². The summed E-state index contributed by atoms with van der Waals surface area (Å²) >= 11 is 17.7. The standard InChI is InChI=1S/C20H16Cl3N5O3/c1-30-13-6-5-11(8-12(13)10-31-14-4-2-3-7-25-14)9-26-28-20(29)18-15(21)17(24)16(22)19(23)27-18/h2-9H,10H2,1H3,(H2,24,27)(H,28,29)/b26-9-. The summed E-state index contributed by atoms with van der Waals surface area (Å²) in [4.78, 5) is 20.3. The first-order valence-corrected chi connectivity index (χ1v) is 9.88. The van der Waals surface area contributed by atoms with Crippen LogP contribution in [0.5, 0.6) is 11.6 Å². The van der Waals surface area contributed by atoms with Crippen LogP contribution in [0, 0.1) is 0 Å². The molecule has 0 atom stereocenters. The lowest BCUT2D eigenvalue weighted by Crippen LogP contribution is -2.20. The Labute approximate surface area is 192 Å². The third-order valence-corrected chi connectivity index (χ3v) is 5.12. The molecule has 2 heterocycles. The third kappa shape index (κ3) is 5.55. The van der Waals surface area contributed by atoms with Crippen molar-refractivity contribution in [3.05, 3.63) is 74.6 Å². The zero-order valence-corrected chi connectivity index (χ0v) is 18.4. The summed E-state index contributed by atoms with van der Waals surface area (Å²) in [6.07, 6.45) is 3.08. The first-order valence-electron chi connectivity index (χ1n) is 8.74. The van der Waals surface area contributed by atoms with Crippen LogP contribution in [-0.4, -0.2) is 29.2 Å². The van der Waals surface area contributed by atoms with Gasteiger partial charge in [-0.1, -0.05) is 40.9 Å². The predicted molar refractivity (Wildman–Crippen MR) is 120 cm³/mol. The summed E-state index contributed by atoms with van der Waals surface area (Å²) in [6, 6.07) is 10.7. The van der Waals surface area contributed by atoms with E-state index in [1.165, 1.54) is 6.21 Å². The van der Waals surface area contributed by atoms with Crippen molar-refractivity contribution in [2.45, 2.75) is 6.61 Å². The van der Waals surface area contributed by atoms with Gasteiger partial charge in [0.2, 0.25) is 5.88 Å². The Bertz CT molecular complexity index is 1130. The van der Waals surface area contributed by atoms with Crippen molar-refractivity contribution < 1.29 is 14.3 Å². The molecule has 31 heavy (non-hydrogen) atoms. The number of hydrazone groups is 1. The number of carbonyl (C=O) groups is 1. The Morgan fingerprint density at radius 2 is 2.03 bits per heavy atom. The quantitative estimate of drug-likeness (QED) is 0.295. The lowest BCUT2D eigenvalue weighted by atomic mass is 10.1. The van der Waals surface area contributed by atoms with Crippen LogP contribution in [0.25, 0.3) is 0 Å². The fourth-order valence-corrected chi connectivity index (χ4v) is 3.07. The van der Waals surface area contributed by atoms with Gasteiger partial charge in [0.15, 0.2) is 10.8 Å². The molecule has 0 radical (unpaired) electrons. The van der Waals surface area contributed by atoms with Crippen molar-refractivity contribution in [1.29, 1.82) is 0 Å². The van der Waals surface area contributed by atoms with Crippen LogP contribution in [-0.2, 0) is 6.61 Å². The summed E-state index contributed by atoms with van der Waals surface area (Å²) < 4.78 is 11.0. The van der Waals surface area contributed by atoms with Crippen LogP contribution in [0.1, 0.15) is 21.6 Å². The minimum absolute atomic E-state index is 0.0228. The van der Waals surface area contributed by atoms with Crippen LogP contribution >= 0.6 is 34.8 Å². The van der Waals surface area contributed by atoms with Crippen molar-refractivity contribution >= 4 is 52.6 Å². The summed E-state index contributed by atoms with van der Waals surface area (Å²) in [6.45, 7) is 0.232. The number of halogens is 3. The minimum atomic E-state index is -0.696. The number of carbonyl (C=O) groups excluding carboxylic acids is 1. The van der Waals surface area contributed by atoms with Gasteiger partial charge in [-0.3, -0.25) is 4.79 Å². The first-order chi connectivity index (χ1) is 14.9. The molecule has 0 saturated heterocycles. The van der Waals surface area contributed by atoms with Gasteiger partial charge < -0.3 is 15.2 Å². The average Bonchev–Trinajstić information content (AvgIpc) is 2.79. The monoisotopic (exact) mass is 479 g/mol. The summed E-state index contributed by atoms with van der Waals surface area (Å²) in [5.41, 5.74) is 9.27. The molecule has 1 aromatic carbocycles. The van der Waals surface area contributed by atoms with E-state index < -0.39 is 5.91 Å². The topological polar surface area (TPSA) is 112 Å². The fourth-order valence-electron chi connectivity index (χ4n) is 2.48. The van der Waals surface area contributed by atoms with E-state index in [0.29, 0.717) is 17.2 Å². The number of nitrogens with one attached hydrogen (secondary N) is 1. The Morgan fingerprint density at radius 3 is 2.74 bits per heavy atom. The number of methoxy groups -OCH3 is 1.